The van der Waals surface area contributed by atoms with E-state index in [1.165, 1.54) is 4.88 Å². The molecule has 0 radical (unpaired) electrons. The highest BCUT2D eigenvalue weighted by molar-refractivity contribution is 7.09. The van der Waals surface area contributed by atoms with Crippen molar-refractivity contribution in [2.24, 2.45) is 0 Å². The molecule has 0 amide bonds. The molecule has 0 spiro atoms. The highest BCUT2D eigenvalue weighted by atomic mass is 32.1. The molecular formula is C12H22N2OS. The Bertz CT molecular complexity index is 264. The van der Waals surface area contributed by atoms with Gasteiger partial charge in [0.1, 0.15) is 0 Å². The average molecular weight is 242 g/mol. The van der Waals surface area contributed by atoms with Gasteiger partial charge in [-0.05, 0) is 25.0 Å². The van der Waals surface area contributed by atoms with Crippen molar-refractivity contribution >= 4 is 11.3 Å². The standard InChI is InChI=1S/C12H22N2OS/c1-4-13-8-11(10-15-3)14(2)9-12-6-5-7-16-12/h5-7,11,13H,4,8-10H2,1-3H3. The fourth-order valence-corrected chi connectivity index (χ4v) is 2.39. The molecule has 1 N–H and O–H groups in total. The molecule has 0 aliphatic rings. The lowest BCUT2D eigenvalue weighted by atomic mass is 10.2. The lowest BCUT2D eigenvalue weighted by Crippen LogP contribution is -2.42. The van der Waals surface area contributed by atoms with Crippen LogP contribution in [0.1, 0.15) is 11.8 Å². The quantitative estimate of drug-likeness (QED) is 0.752. The van der Waals surface area contributed by atoms with Crippen LogP contribution < -0.4 is 5.32 Å². The fourth-order valence-electron chi connectivity index (χ4n) is 1.62. The Balaban J connectivity index is 2.42. The molecule has 92 valence electrons. The zero-order valence-corrected chi connectivity index (χ0v) is 11.2. The molecule has 0 aromatic carbocycles. The van der Waals surface area contributed by atoms with Crippen molar-refractivity contribution in [3.05, 3.63) is 22.4 Å². The molecule has 0 fully saturated rings. The second-order valence-corrected chi connectivity index (χ2v) is 4.94. The normalized spacial score (nSPS) is 13.2. The van der Waals surface area contributed by atoms with E-state index in [4.69, 9.17) is 4.74 Å². The van der Waals surface area contributed by atoms with Gasteiger partial charge in [-0.2, -0.15) is 0 Å². The number of thiophene rings is 1. The van der Waals surface area contributed by atoms with E-state index in [1.54, 1.807) is 7.11 Å². The van der Waals surface area contributed by atoms with Crippen LogP contribution in [-0.2, 0) is 11.3 Å². The number of likely N-dealkylation sites (N-methyl/N-ethyl adjacent to an activating group) is 2. The van der Waals surface area contributed by atoms with Crippen LogP contribution in [0.5, 0.6) is 0 Å². The zero-order valence-electron chi connectivity index (χ0n) is 10.4. The van der Waals surface area contributed by atoms with Gasteiger partial charge in [-0.1, -0.05) is 13.0 Å². The van der Waals surface area contributed by atoms with E-state index in [-0.39, 0.29) is 0 Å². The molecule has 16 heavy (non-hydrogen) atoms. The minimum Gasteiger partial charge on any atom is -0.383 e. The minimum atomic E-state index is 0.437. The Kier molecular flexibility index (Phi) is 6.64. The van der Waals surface area contributed by atoms with Crippen LogP contribution in [0.3, 0.4) is 0 Å². The molecule has 1 unspecified atom stereocenters. The Morgan fingerprint density at radius 3 is 2.94 bits per heavy atom. The van der Waals surface area contributed by atoms with Gasteiger partial charge in [0, 0.05) is 31.1 Å². The topological polar surface area (TPSA) is 24.5 Å². The molecule has 0 aliphatic carbocycles. The van der Waals surface area contributed by atoms with Crippen LogP contribution in [-0.4, -0.2) is 44.8 Å². The maximum atomic E-state index is 5.26. The highest BCUT2D eigenvalue weighted by Gasteiger charge is 2.14. The monoisotopic (exact) mass is 242 g/mol. The highest BCUT2D eigenvalue weighted by Crippen LogP contribution is 2.12. The summed E-state index contributed by atoms with van der Waals surface area (Å²) in [4.78, 5) is 3.75. The van der Waals surface area contributed by atoms with Gasteiger partial charge in [0.25, 0.3) is 0 Å². The van der Waals surface area contributed by atoms with E-state index in [2.05, 4.69) is 41.7 Å². The van der Waals surface area contributed by atoms with Crippen LogP contribution in [0.15, 0.2) is 17.5 Å². The van der Waals surface area contributed by atoms with Gasteiger partial charge >= 0.3 is 0 Å². The minimum absolute atomic E-state index is 0.437. The predicted molar refractivity (Wildman–Crippen MR) is 70.0 cm³/mol. The summed E-state index contributed by atoms with van der Waals surface area (Å²) < 4.78 is 5.26. The molecule has 3 nitrogen and oxygen atoms in total. The van der Waals surface area contributed by atoms with Gasteiger partial charge in [0.05, 0.1) is 6.61 Å². The van der Waals surface area contributed by atoms with Gasteiger partial charge in [-0.25, -0.2) is 0 Å². The Morgan fingerprint density at radius 2 is 2.38 bits per heavy atom. The predicted octanol–water partition coefficient (Wildman–Crippen LogP) is 1.80. The molecule has 1 aromatic rings. The largest absolute Gasteiger partial charge is 0.383 e. The van der Waals surface area contributed by atoms with Gasteiger partial charge in [0.15, 0.2) is 0 Å². The average Bonchev–Trinajstić information content (AvgIpc) is 2.76. The molecule has 1 aromatic heterocycles. The van der Waals surface area contributed by atoms with E-state index >= 15 is 0 Å². The summed E-state index contributed by atoms with van der Waals surface area (Å²) in [5.74, 6) is 0. The van der Waals surface area contributed by atoms with E-state index in [0.717, 1.165) is 26.2 Å². The Morgan fingerprint density at radius 1 is 1.56 bits per heavy atom. The van der Waals surface area contributed by atoms with Crippen LogP contribution in [0.2, 0.25) is 0 Å². The van der Waals surface area contributed by atoms with Crippen LogP contribution in [0, 0.1) is 0 Å². The molecule has 4 heteroatoms. The summed E-state index contributed by atoms with van der Waals surface area (Å²) in [6.07, 6.45) is 0. The van der Waals surface area contributed by atoms with Crippen molar-refractivity contribution in [3.8, 4) is 0 Å². The van der Waals surface area contributed by atoms with Gasteiger partial charge in [-0.3, -0.25) is 4.90 Å². The lowest BCUT2D eigenvalue weighted by Gasteiger charge is -2.27. The summed E-state index contributed by atoms with van der Waals surface area (Å²) >= 11 is 1.81. The number of ether oxygens (including phenoxy) is 1. The van der Waals surface area contributed by atoms with Crippen LogP contribution in [0.4, 0.5) is 0 Å². The van der Waals surface area contributed by atoms with E-state index in [9.17, 15) is 0 Å². The smallest absolute Gasteiger partial charge is 0.0630 e. The summed E-state index contributed by atoms with van der Waals surface area (Å²) in [5, 5.41) is 5.50. The zero-order chi connectivity index (χ0) is 11.8. The van der Waals surface area contributed by atoms with E-state index in [1.807, 2.05) is 11.3 Å². The summed E-state index contributed by atoms with van der Waals surface area (Å²) in [6, 6.07) is 4.72. The molecule has 1 heterocycles. The molecule has 1 atom stereocenters. The molecule has 1 rings (SSSR count). The number of methoxy groups -OCH3 is 1. The van der Waals surface area contributed by atoms with Crippen molar-refractivity contribution in [3.63, 3.8) is 0 Å². The third kappa shape index (κ3) is 4.61. The van der Waals surface area contributed by atoms with Crippen LogP contribution in [0.25, 0.3) is 0 Å². The van der Waals surface area contributed by atoms with Crippen molar-refractivity contribution in [2.75, 3.05) is 33.9 Å². The second kappa shape index (κ2) is 7.79. The molecular weight excluding hydrogens is 220 g/mol. The van der Waals surface area contributed by atoms with E-state index in [0.29, 0.717) is 6.04 Å². The number of rotatable bonds is 8. The first-order valence-corrected chi connectivity index (χ1v) is 6.58. The molecule has 0 aliphatic heterocycles. The molecule has 0 saturated carbocycles. The third-order valence-corrected chi connectivity index (χ3v) is 3.46. The SMILES string of the molecule is CCNCC(COC)N(C)Cc1cccs1. The number of nitrogens with zero attached hydrogens (tertiary/aromatic N) is 1. The second-order valence-electron chi connectivity index (χ2n) is 3.91. The summed E-state index contributed by atoms with van der Waals surface area (Å²) in [6.45, 7) is 5.88. The van der Waals surface area contributed by atoms with Gasteiger partial charge in [-0.15, -0.1) is 11.3 Å². The van der Waals surface area contributed by atoms with Crippen molar-refractivity contribution in [1.29, 1.82) is 0 Å². The fraction of sp³-hybridized carbons (Fsp3) is 0.667. The Labute approximate surface area is 102 Å². The first kappa shape index (κ1) is 13.6. The molecule has 0 saturated heterocycles. The lowest BCUT2D eigenvalue weighted by molar-refractivity contribution is 0.102. The maximum Gasteiger partial charge on any atom is 0.0630 e. The Hall–Kier alpha value is -0.420. The van der Waals surface area contributed by atoms with Crippen LogP contribution >= 0.6 is 11.3 Å². The number of hydrogen-bond acceptors (Lipinski definition) is 4. The van der Waals surface area contributed by atoms with Crippen molar-refractivity contribution in [2.45, 2.75) is 19.5 Å². The molecule has 0 bridgehead atoms. The van der Waals surface area contributed by atoms with E-state index < -0.39 is 0 Å². The maximum absolute atomic E-state index is 5.26. The van der Waals surface area contributed by atoms with Gasteiger partial charge in [0.2, 0.25) is 0 Å². The third-order valence-electron chi connectivity index (χ3n) is 2.60. The number of hydrogen-bond donors (Lipinski definition) is 1. The van der Waals surface area contributed by atoms with Crippen molar-refractivity contribution in [1.82, 2.24) is 10.2 Å². The van der Waals surface area contributed by atoms with Crippen molar-refractivity contribution < 1.29 is 4.74 Å². The first-order chi connectivity index (χ1) is 7.77. The summed E-state index contributed by atoms with van der Waals surface area (Å²) in [7, 11) is 3.92. The summed E-state index contributed by atoms with van der Waals surface area (Å²) in [5.41, 5.74) is 0. The first-order valence-electron chi connectivity index (χ1n) is 5.70. The van der Waals surface area contributed by atoms with Gasteiger partial charge < -0.3 is 10.1 Å². The number of nitrogens with one attached hydrogen (secondary N) is 1.